The van der Waals surface area contributed by atoms with E-state index >= 15 is 0 Å². The summed E-state index contributed by atoms with van der Waals surface area (Å²) in [5, 5.41) is 3.76. The molecule has 0 aliphatic carbocycles. The molecule has 0 bridgehead atoms. The van der Waals surface area contributed by atoms with Gasteiger partial charge in [0.2, 0.25) is 17.6 Å². The van der Waals surface area contributed by atoms with Crippen LogP contribution in [0.4, 0.5) is 0 Å². The van der Waals surface area contributed by atoms with Gasteiger partial charge in [-0.2, -0.15) is 4.98 Å². The van der Waals surface area contributed by atoms with Gasteiger partial charge in [0.1, 0.15) is 0 Å². The predicted octanol–water partition coefficient (Wildman–Crippen LogP) is 1.33. The Balaban J connectivity index is 1.86. The Morgan fingerprint density at radius 3 is 3.17 bits per heavy atom. The average Bonchev–Trinajstić information content (AvgIpc) is 3.03. The lowest BCUT2D eigenvalue weighted by atomic mass is 10.3. The maximum absolute atomic E-state index is 11.3. The van der Waals surface area contributed by atoms with Gasteiger partial charge < -0.3 is 8.94 Å². The van der Waals surface area contributed by atoms with E-state index in [4.69, 9.17) is 13.8 Å². The average molecular weight is 251 g/mol. The number of nitrogens with zero attached hydrogens (tertiary/aromatic N) is 2. The molecule has 2 rings (SSSR count). The summed E-state index contributed by atoms with van der Waals surface area (Å²) < 4.78 is 10.1. The van der Waals surface area contributed by atoms with Crippen molar-refractivity contribution < 1.29 is 18.6 Å². The molecular formula is C11H13N3O4. The molecule has 2 aromatic rings. The summed E-state index contributed by atoms with van der Waals surface area (Å²) in [5.41, 5.74) is 2.29. The quantitative estimate of drug-likeness (QED) is 0.779. The Hall–Kier alpha value is -2.15. The Bertz CT molecular complexity index is 492. The number of hydroxylamine groups is 1. The summed E-state index contributed by atoms with van der Waals surface area (Å²) in [4.78, 5) is 20.1. The largest absolute Gasteiger partial charge is 0.461 e. The van der Waals surface area contributed by atoms with Crippen LogP contribution in [-0.2, 0) is 16.1 Å². The first-order chi connectivity index (χ1) is 8.79. The number of aryl methyl sites for hydroxylation is 1. The highest BCUT2D eigenvalue weighted by molar-refractivity contribution is 5.74. The second-order valence-electron chi connectivity index (χ2n) is 3.45. The minimum absolute atomic E-state index is 0.222. The lowest BCUT2D eigenvalue weighted by Crippen LogP contribution is -2.23. The molecule has 0 spiro atoms. The Kier molecular flexibility index (Phi) is 4.08. The van der Waals surface area contributed by atoms with Crippen molar-refractivity contribution in [3.63, 3.8) is 0 Å². The summed E-state index contributed by atoms with van der Waals surface area (Å²) in [6.07, 6.45) is 2.10. The van der Waals surface area contributed by atoms with E-state index in [-0.39, 0.29) is 12.3 Å². The Morgan fingerprint density at radius 1 is 1.56 bits per heavy atom. The van der Waals surface area contributed by atoms with E-state index in [2.05, 4.69) is 15.6 Å². The number of hydrogen-bond acceptors (Lipinski definition) is 6. The molecule has 7 nitrogen and oxygen atoms in total. The summed E-state index contributed by atoms with van der Waals surface area (Å²) in [5.74, 6) is 1.06. The van der Waals surface area contributed by atoms with Crippen molar-refractivity contribution in [2.24, 2.45) is 0 Å². The van der Waals surface area contributed by atoms with E-state index in [1.165, 1.54) is 6.26 Å². The lowest BCUT2D eigenvalue weighted by molar-refractivity contribution is -0.133. The number of carbonyl (C=O) groups excluding carboxylic acids is 1. The van der Waals surface area contributed by atoms with Crippen molar-refractivity contribution in [2.75, 3.05) is 6.61 Å². The molecule has 7 heteroatoms. The molecule has 0 atom stereocenters. The molecule has 0 unspecified atom stereocenters. The van der Waals surface area contributed by atoms with Crippen LogP contribution in [0, 0.1) is 0 Å². The molecule has 1 N–H and O–H groups in total. The van der Waals surface area contributed by atoms with Gasteiger partial charge in [-0.25, -0.2) is 5.48 Å². The topological polar surface area (TPSA) is 90.4 Å². The number of hydrogen-bond donors (Lipinski definition) is 1. The van der Waals surface area contributed by atoms with Crippen molar-refractivity contribution in [3.8, 4) is 11.6 Å². The number of amides is 1. The second kappa shape index (κ2) is 5.97. The van der Waals surface area contributed by atoms with Crippen molar-refractivity contribution in [1.29, 1.82) is 0 Å². The molecule has 1 amide bonds. The van der Waals surface area contributed by atoms with Crippen LogP contribution in [0.3, 0.4) is 0 Å². The van der Waals surface area contributed by atoms with Gasteiger partial charge >= 0.3 is 0 Å². The van der Waals surface area contributed by atoms with Crippen molar-refractivity contribution in [1.82, 2.24) is 15.6 Å². The fourth-order valence-corrected chi connectivity index (χ4v) is 1.29. The molecule has 2 aromatic heterocycles. The monoisotopic (exact) mass is 251 g/mol. The summed E-state index contributed by atoms with van der Waals surface area (Å²) in [6, 6.07) is 3.47. The van der Waals surface area contributed by atoms with Crippen molar-refractivity contribution in [3.05, 3.63) is 24.3 Å². The van der Waals surface area contributed by atoms with Gasteiger partial charge in [-0.15, -0.1) is 0 Å². The molecule has 0 aliphatic rings. The van der Waals surface area contributed by atoms with E-state index in [0.29, 0.717) is 30.5 Å². The highest BCUT2D eigenvalue weighted by Crippen LogP contribution is 2.16. The number of carbonyl (C=O) groups is 1. The molecule has 0 aromatic carbocycles. The Labute approximate surface area is 103 Å². The van der Waals surface area contributed by atoms with Gasteiger partial charge in [-0.1, -0.05) is 5.16 Å². The third kappa shape index (κ3) is 3.17. The number of rotatable bonds is 6. The molecule has 0 saturated carbocycles. The zero-order valence-corrected chi connectivity index (χ0v) is 9.88. The summed E-state index contributed by atoms with van der Waals surface area (Å²) in [7, 11) is 0. The first kappa shape index (κ1) is 12.3. The third-order valence-corrected chi connectivity index (χ3v) is 2.11. The van der Waals surface area contributed by atoms with Gasteiger partial charge in [0.25, 0.3) is 0 Å². The number of aromatic nitrogens is 2. The van der Waals surface area contributed by atoms with Crippen LogP contribution in [0.1, 0.15) is 19.2 Å². The molecule has 96 valence electrons. The van der Waals surface area contributed by atoms with Crippen LogP contribution in [0.15, 0.2) is 27.3 Å². The van der Waals surface area contributed by atoms with Crippen LogP contribution < -0.4 is 5.48 Å². The predicted molar refractivity (Wildman–Crippen MR) is 60.1 cm³/mol. The second-order valence-corrected chi connectivity index (χ2v) is 3.45. The van der Waals surface area contributed by atoms with Gasteiger partial charge in [0.05, 0.1) is 12.9 Å². The standard InChI is InChI=1S/C11H13N3O4/c1-2-17-13-9(15)5-6-10-12-11(14-18-10)8-4-3-7-16-8/h3-4,7H,2,5-6H2,1H3,(H,13,15). The van der Waals surface area contributed by atoms with Gasteiger partial charge in [0.15, 0.2) is 5.76 Å². The van der Waals surface area contributed by atoms with E-state index in [9.17, 15) is 4.79 Å². The molecule has 18 heavy (non-hydrogen) atoms. The number of furan rings is 1. The Morgan fingerprint density at radius 2 is 2.44 bits per heavy atom. The molecule has 0 saturated heterocycles. The fourth-order valence-electron chi connectivity index (χ4n) is 1.29. The van der Waals surface area contributed by atoms with Crippen LogP contribution in [0.5, 0.6) is 0 Å². The van der Waals surface area contributed by atoms with Gasteiger partial charge in [0, 0.05) is 12.8 Å². The number of nitrogens with one attached hydrogen (secondary N) is 1. The van der Waals surface area contributed by atoms with E-state index in [1.807, 2.05) is 0 Å². The molecule has 0 radical (unpaired) electrons. The van der Waals surface area contributed by atoms with Crippen molar-refractivity contribution >= 4 is 5.91 Å². The van der Waals surface area contributed by atoms with E-state index in [1.54, 1.807) is 19.1 Å². The molecule has 0 fully saturated rings. The van der Waals surface area contributed by atoms with Crippen LogP contribution in [0.25, 0.3) is 11.6 Å². The minimum atomic E-state index is -0.227. The highest BCUT2D eigenvalue weighted by atomic mass is 16.6. The molecule has 2 heterocycles. The van der Waals surface area contributed by atoms with E-state index in [0.717, 1.165) is 0 Å². The maximum Gasteiger partial charge on any atom is 0.244 e. The zero-order chi connectivity index (χ0) is 12.8. The minimum Gasteiger partial charge on any atom is -0.461 e. The molecule has 0 aliphatic heterocycles. The molecular weight excluding hydrogens is 238 g/mol. The maximum atomic E-state index is 11.3. The highest BCUT2D eigenvalue weighted by Gasteiger charge is 2.12. The van der Waals surface area contributed by atoms with Crippen molar-refractivity contribution in [2.45, 2.75) is 19.8 Å². The van der Waals surface area contributed by atoms with E-state index < -0.39 is 0 Å². The fraction of sp³-hybridized carbons (Fsp3) is 0.364. The first-order valence-corrected chi connectivity index (χ1v) is 5.56. The lowest BCUT2D eigenvalue weighted by Gasteiger charge is -2.00. The van der Waals surface area contributed by atoms with Gasteiger partial charge in [-0.3, -0.25) is 9.63 Å². The van der Waals surface area contributed by atoms with Crippen LogP contribution in [-0.4, -0.2) is 22.7 Å². The normalized spacial score (nSPS) is 10.5. The summed E-state index contributed by atoms with van der Waals surface area (Å²) in [6.45, 7) is 2.21. The van der Waals surface area contributed by atoms with Gasteiger partial charge in [-0.05, 0) is 19.1 Å². The first-order valence-electron chi connectivity index (χ1n) is 5.56. The zero-order valence-electron chi connectivity index (χ0n) is 9.88. The summed E-state index contributed by atoms with van der Waals surface area (Å²) >= 11 is 0. The SMILES string of the molecule is CCONC(=O)CCc1nc(-c2ccco2)no1. The third-order valence-electron chi connectivity index (χ3n) is 2.11. The van der Waals surface area contributed by atoms with Crippen LogP contribution >= 0.6 is 0 Å². The van der Waals surface area contributed by atoms with Crippen LogP contribution in [0.2, 0.25) is 0 Å². The smallest absolute Gasteiger partial charge is 0.244 e.